The Kier molecular flexibility index (Phi) is 6.36. The van der Waals surface area contributed by atoms with Gasteiger partial charge in [-0.1, -0.05) is 40.2 Å². The van der Waals surface area contributed by atoms with E-state index in [9.17, 15) is 0 Å². The Morgan fingerprint density at radius 1 is 1.11 bits per heavy atom. The zero-order valence-corrected chi connectivity index (χ0v) is 13.1. The molecule has 0 amide bonds. The van der Waals surface area contributed by atoms with Gasteiger partial charge in [0.25, 0.3) is 0 Å². The lowest BCUT2D eigenvalue weighted by atomic mass is 9.92. The molecular weight excluding hydrogens is 234 g/mol. The lowest BCUT2D eigenvalue weighted by molar-refractivity contribution is 0.312. The Bertz CT molecular complexity index is 398. The molecule has 0 bridgehead atoms. The first kappa shape index (κ1) is 16.0. The maximum absolute atomic E-state index is 6.28. The van der Waals surface area contributed by atoms with Crippen molar-refractivity contribution in [2.24, 2.45) is 5.73 Å². The fraction of sp³-hybridized carbons (Fsp3) is 0.647. The molecule has 0 aliphatic carbocycles. The van der Waals surface area contributed by atoms with Crippen LogP contribution in [-0.2, 0) is 0 Å². The number of ether oxygens (including phenoxy) is 1. The summed E-state index contributed by atoms with van der Waals surface area (Å²) in [6.07, 6.45) is 3.19. The highest BCUT2D eigenvalue weighted by Crippen LogP contribution is 2.32. The molecule has 2 N–H and O–H groups in total. The first-order chi connectivity index (χ1) is 9.01. The van der Waals surface area contributed by atoms with Gasteiger partial charge in [0.1, 0.15) is 5.75 Å². The van der Waals surface area contributed by atoms with Gasteiger partial charge in [-0.25, -0.2) is 0 Å². The number of rotatable bonds is 7. The SMILES string of the molecule is CCCOc1cc(C)c(C(N)CCC)cc1C(C)C. The number of hydrogen-bond acceptors (Lipinski definition) is 2. The van der Waals surface area contributed by atoms with Gasteiger partial charge in [-0.3, -0.25) is 0 Å². The fourth-order valence-electron chi connectivity index (χ4n) is 2.37. The molecule has 0 aliphatic rings. The molecule has 1 aromatic carbocycles. The summed E-state index contributed by atoms with van der Waals surface area (Å²) in [6.45, 7) is 11.6. The van der Waals surface area contributed by atoms with E-state index < -0.39 is 0 Å². The van der Waals surface area contributed by atoms with Gasteiger partial charge in [-0.2, -0.15) is 0 Å². The summed E-state index contributed by atoms with van der Waals surface area (Å²) in [5.41, 5.74) is 10.1. The molecule has 0 radical (unpaired) electrons. The maximum Gasteiger partial charge on any atom is 0.123 e. The second-order valence-corrected chi connectivity index (χ2v) is 5.64. The molecule has 0 aromatic heterocycles. The van der Waals surface area contributed by atoms with Crippen molar-refractivity contribution in [1.29, 1.82) is 0 Å². The molecule has 1 rings (SSSR count). The average Bonchev–Trinajstić information content (AvgIpc) is 2.36. The molecule has 0 fully saturated rings. The largest absolute Gasteiger partial charge is 0.493 e. The molecule has 0 heterocycles. The van der Waals surface area contributed by atoms with Gasteiger partial charge in [0.15, 0.2) is 0 Å². The standard InChI is InChI=1S/C17H29NO/c1-6-8-16(18)15-11-14(12(3)4)17(10-13(15)5)19-9-7-2/h10-12,16H,6-9,18H2,1-5H3. The van der Waals surface area contributed by atoms with Crippen LogP contribution in [0.4, 0.5) is 0 Å². The zero-order valence-electron chi connectivity index (χ0n) is 13.1. The predicted octanol–water partition coefficient (Wildman–Crippen LogP) is 4.71. The highest BCUT2D eigenvalue weighted by atomic mass is 16.5. The van der Waals surface area contributed by atoms with E-state index in [1.807, 2.05) is 0 Å². The van der Waals surface area contributed by atoms with E-state index in [1.54, 1.807) is 0 Å². The second-order valence-electron chi connectivity index (χ2n) is 5.64. The minimum absolute atomic E-state index is 0.141. The van der Waals surface area contributed by atoms with Gasteiger partial charge in [-0.15, -0.1) is 0 Å². The lowest BCUT2D eigenvalue weighted by Crippen LogP contribution is -2.13. The van der Waals surface area contributed by atoms with Crippen molar-refractivity contribution < 1.29 is 4.74 Å². The summed E-state index contributed by atoms with van der Waals surface area (Å²) in [7, 11) is 0. The molecule has 0 saturated carbocycles. The third-order valence-corrected chi connectivity index (χ3v) is 3.48. The highest BCUT2D eigenvalue weighted by Gasteiger charge is 2.15. The van der Waals surface area contributed by atoms with Gasteiger partial charge in [0, 0.05) is 6.04 Å². The molecule has 0 saturated heterocycles. The van der Waals surface area contributed by atoms with Crippen molar-refractivity contribution in [1.82, 2.24) is 0 Å². The van der Waals surface area contributed by atoms with E-state index in [1.165, 1.54) is 16.7 Å². The zero-order chi connectivity index (χ0) is 14.4. The van der Waals surface area contributed by atoms with Crippen molar-refractivity contribution in [3.05, 3.63) is 28.8 Å². The van der Waals surface area contributed by atoms with E-state index in [-0.39, 0.29) is 6.04 Å². The molecule has 1 aromatic rings. The number of aryl methyl sites for hydroxylation is 1. The van der Waals surface area contributed by atoms with E-state index in [0.29, 0.717) is 5.92 Å². The lowest BCUT2D eigenvalue weighted by Gasteiger charge is -2.20. The third kappa shape index (κ3) is 4.24. The smallest absolute Gasteiger partial charge is 0.123 e. The third-order valence-electron chi connectivity index (χ3n) is 3.48. The van der Waals surface area contributed by atoms with Crippen LogP contribution in [0.3, 0.4) is 0 Å². The second kappa shape index (κ2) is 7.54. The summed E-state index contributed by atoms with van der Waals surface area (Å²) >= 11 is 0. The van der Waals surface area contributed by atoms with Crippen molar-refractivity contribution >= 4 is 0 Å². The minimum Gasteiger partial charge on any atom is -0.493 e. The fourth-order valence-corrected chi connectivity index (χ4v) is 2.37. The average molecular weight is 263 g/mol. The van der Waals surface area contributed by atoms with Crippen LogP contribution >= 0.6 is 0 Å². The van der Waals surface area contributed by atoms with Crippen LogP contribution in [0.2, 0.25) is 0 Å². The van der Waals surface area contributed by atoms with Gasteiger partial charge < -0.3 is 10.5 Å². The molecule has 1 unspecified atom stereocenters. The van der Waals surface area contributed by atoms with Crippen LogP contribution in [0.5, 0.6) is 5.75 Å². The Morgan fingerprint density at radius 2 is 1.79 bits per heavy atom. The van der Waals surface area contributed by atoms with Crippen molar-refractivity contribution in [2.45, 2.75) is 65.8 Å². The van der Waals surface area contributed by atoms with Gasteiger partial charge in [-0.05, 0) is 48.4 Å². The Morgan fingerprint density at radius 3 is 2.32 bits per heavy atom. The molecule has 0 spiro atoms. The van der Waals surface area contributed by atoms with Gasteiger partial charge in [0.2, 0.25) is 0 Å². The van der Waals surface area contributed by atoms with Crippen molar-refractivity contribution in [2.75, 3.05) is 6.61 Å². The summed E-state index contributed by atoms with van der Waals surface area (Å²) in [5.74, 6) is 1.49. The molecule has 19 heavy (non-hydrogen) atoms. The summed E-state index contributed by atoms with van der Waals surface area (Å²) in [6, 6.07) is 4.56. The number of hydrogen-bond donors (Lipinski definition) is 1. The Balaban J connectivity index is 3.12. The van der Waals surface area contributed by atoms with Crippen molar-refractivity contribution in [3.63, 3.8) is 0 Å². The van der Waals surface area contributed by atoms with Crippen LogP contribution in [0.15, 0.2) is 12.1 Å². The van der Waals surface area contributed by atoms with Gasteiger partial charge in [0.05, 0.1) is 6.61 Å². The van der Waals surface area contributed by atoms with Crippen molar-refractivity contribution in [3.8, 4) is 5.75 Å². The summed E-state index contributed by atoms with van der Waals surface area (Å²) in [4.78, 5) is 0. The molecule has 0 aliphatic heterocycles. The topological polar surface area (TPSA) is 35.2 Å². The van der Waals surface area contributed by atoms with E-state index in [0.717, 1.165) is 31.6 Å². The van der Waals surface area contributed by atoms with Crippen LogP contribution < -0.4 is 10.5 Å². The molecule has 2 heteroatoms. The first-order valence-electron chi connectivity index (χ1n) is 7.54. The summed E-state index contributed by atoms with van der Waals surface area (Å²) in [5, 5.41) is 0. The summed E-state index contributed by atoms with van der Waals surface area (Å²) < 4.78 is 5.88. The molecule has 1 atom stereocenters. The van der Waals surface area contributed by atoms with Gasteiger partial charge >= 0.3 is 0 Å². The van der Waals surface area contributed by atoms with E-state index in [4.69, 9.17) is 10.5 Å². The van der Waals surface area contributed by atoms with Crippen LogP contribution in [0.25, 0.3) is 0 Å². The Labute approximate surface area is 118 Å². The van der Waals surface area contributed by atoms with E-state index >= 15 is 0 Å². The molecular formula is C17H29NO. The van der Waals surface area contributed by atoms with Crippen LogP contribution in [0.1, 0.15) is 75.6 Å². The Hall–Kier alpha value is -1.02. The predicted molar refractivity (Wildman–Crippen MR) is 82.9 cm³/mol. The monoisotopic (exact) mass is 263 g/mol. The first-order valence-corrected chi connectivity index (χ1v) is 7.54. The quantitative estimate of drug-likeness (QED) is 0.773. The maximum atomic E-state index is 6.28. The van der Waals surface area contributed by atoms with Crippen LogP contribution in [-0.4, -0.2) is 6.61 Å². The molecule has 108 valence electrons. The minimum atomic E-state index is 0.141. The highest BCUT2D eigenvalue weighted by molar-refractivity contribution is 5.45. The van der Waals surface area contributed by atoms with E-state index in [2.05, 4.69) is 46.8 Å². The number of nitrogens with two attached hydrogens (primary N) is 1. The molecule has 2 nitrogen and oxygen atoms in total. The van der Waals surface area contributed by atoms with Crippen LogP contribution in [0, 0.1) is 6.92 Å². The number of benzene rings is 1. The normalized spacial score (nSPS) is 12.8.